The van der Waals surface area contributed by atoms with Crippen molar-refractivity contribution in [3.63, 3.8) is 0 Å². The molecule has 1 unspecified atom stereocenters. The number of morpholine rings is 1. The van der Waals surface area contributed by atoms with Crippen LogP contribution in [-0.4, -0.2) is 36.7 Å². The third-order valence-corrected chi connectivity index (χ3v) is 3.81. The summed E-state index contributed by atoms with van der Waals surface area (Å²) < 4.78 is 5.44. The van der Waals surface area contributed by atoms with E-state index in [0.717, 1.165) is 22.8 Å². The second-order valence-corrected chi connectivity index (χ2v) is 5.30. The Morgan fingerprint density at radius 1 is 1.40 bits per heavy atom. The van der Waals surface area contributed by atoms with Crippen molar-refractivity contribution in [1.29, 1.82) is 0 Å². The fraction of sp³-hybridized carbons (Fsp3) is 0.286. The Balaban J connectivity index is 1.75. The van der Waals surface area contributed by atoms with Crippen molar-refractivity contribution in [2.75, 3.05) is 25.0 Å². The molecule has 1 aliphatic rings. The van der Waals surface area contributed by atoms with Crippen LogP contribution in [0.4, 0.5) is 5.00 Å². The first-order valence-electron chi connectivity index (χ1n) is 6.46. The SMILES string of the molecule is O=C(Nc1scnc1-c1ccccc1)C1CNCCO1. The summed E-state index contributed by atoms with van der Waals surface area (Å²) in [6.45, 7) is 1.90. The normalized spacial score (nSPS) is 18.7. The Bertz CT molecular complexity index is 579. The van der Waals surface area contributed by atoms with Gasteiger partial charge in [-0.15, -0.1) is 11.3 Å². The maximum absolute atomic E-state index is 12.2. The van der Waals surface area contributed by atoms with Crippen molar-refractivity contribution in [3.8, 4) is 11.3 Å². The summed E-state index contributed by atoms with van der Waals surface area (Å²) in [5.41, 5.74) is 3.53. The van der Waals surface area contributed by atoms with Crippen LogP contribution in [0.3, 0.4) is 0 Å². The Kier molecular flexibility index (Phi) is 4.05. The Morgan fingerprint density at radius 2 is 2.25 bits per heavy atom. The Labute approximate surface area is 121 Å². The van der Waals surface area contributed by atoms with E-state index in [1.807, 2.05) is 30.3 Å². The maximum Gasteiger partial charge on any atom is 0.255 e. The quantitative estimate of drug-likeness (QED) is 0.903. The predicted molar refractivity (Wildman–Crippen MR) is 78.8 cm³/mol. The highest BCUT2D eigenvalue weighted by Crippen LogP contribution is 2.30. The Hall–Kier alpha value is -1.76. The van der Waals surface area contributed by atoms with E-state index in [-0.39, 0.29) is 5.91 Å². The number of aromatic nitrogens is 1. The van der Waals surface area contributed by atoms with Crippen LogP contribution < -0.4 is 10.6 Å². The zero-order valence-electron chi connectivity index (χ0n) is 10.8. The van der Waals surface area contributed by atoms with Gasteiger partial charge in [0.2, 0.25) is 0 Å². The number of rotatable bonds is 3. The van der Waals surface area contributed by atoms with E-state index in [0.29, 0.717) is 13.2 Å². The predicted octanol–water partition coefficient (Wildman–Crippen LogP) is 1.74. The van der Waals surface area contributed by atoms with Crippen LogP contribution in [0.5, 0.6) is 0 Å². The van der Waals surface area contributed by atoms with Gasteiger partial charge in [-0.1, -0.05) is 30.3 Å². The summed E-state index contributed by atoms with van der Waals surface area (Å²) >= 11 is 1.42. The number of carbonyl (C=O) groups excluding carboxylic acids is 1. The molecular weight excluding hydrogens is 274 g/mol. The van der Waals surface area contributed by atoms with Crippen molar-refractivity contribution in [1.82, 2.24) is 10.3 Å². The third kappa shape index (κ3) is 2.87. The van der Waals surface area contributed by atoms with Crippen molar-refractivity contribution in [2.45, 2.75) is 6.10 Å². The molecule has 0 radical (unpaired) electrons. The topological polar surface area (TPSA) is 63.2 Å². The lowest BCUT2D eigenvalue weighted by Gasteiger charge is -2.22. The standard InChI is InChI=1S/C14H15N3O2S/c18-13(11-8-15-6-7-19-11)17-14-12(16-9-20-14)10-4-2-1-3-5-10/h1-5,9,11,15H,6-8H2,(H,17,18). The van der Waals surface area contributed by atoms with Crippen molar-refractivity contribution in [3.05, 3.63) is 35.8 Å². The molecule has 1 aromatic heterocycles. The molecule has 1 aliphatic heterocycles. The summed E-state index contributed by atoms with van der Waals surface area (Å²) in [7, 11) is 0. The molecule has 1 fully saturated rings. The summed E-state index contributed by atoms with van der Waals surface area (Å²) in [6, 6.07) is 9.81. The van der Waals surface area contributed by atoms with Crippen LogP contribution in [0.2, 0.25) is 0 Å². The van der Waals surface area contributed by atoms with E-state index < -0.39 is 6.10 Å². The number of amides is 1. The first kappa shape index (κ1) is 13.2. The molecule has 1 aromatic carbocycles. The minimum atomic E-state index is -0.436. The Morgan fingerprint density at radius 3 is 3.00 bits per heavy atom. The number of nitrogens with one attached hydrogen (secondary N) is 2. The molecular formula is C14H15N3O2S. The van der Waals surface area contributed by atoms with Crippen LogP contribution in [0, 0.1) is 0 Å². The van der Waals surface area contributed by atoms with Crippen LogP contribution in [0.15, 0.2) is 35.8 Å². The van der Waals surface area contributed by atoms with Crippen LogP contribution in [0.1, 0.15) is 0 Å². The van der Waals surface area contributed by atoms with Gasteiger partial charge in [0.05, 0.1) is 12.1 Å². The summed E-state index contributed by atoms with van der Waals surface area (Å²) in [4.78, 5) is 16.5. The van der Waals surface area contributed by atoms with Gasteiger partial charge in [0.15, 0.2) is 0 Å². The summed E-state index contributed by atoms with van der Waals surface area (Å²) in [5, 5.41) is 6.81. The average Bonchev–Trinajstić information content (AvgIpc) is 2.97. The second-order valence-electron chi connectivity index (χ2n) is 4.45. The first-order chi connectivity index (χ1) is 9.84. The van der Waals surface area contributed by atoms with Gasteiger partial charge >= 0.3 is 0 Å². The van der Waals surface area contributed by atoms with Crippen molar-refractivity contribution >= 4 is 22.2 Å². The highest BCUT2D eigenvalue weighted by Gasteiger charge is 2.23. The fourth-order valence-corrected chi connectivity index (χ4v) is 2.77. The van der Waals surface area contributed by atoms with Gasteiger partial charge in [-0.2, -0.15) is 0 Å². The van der Waals surface area contributed by atoms with Gasteiger partial charge in [-0.3, -0.25) is 4.79 Å². The number of hydrogen-bond donors (Lipinski definition) is 2. The number of carbonyl (C=O) groups is 1. The number of anilines is 1. The maximum atomic E-state index is 12.2. The van der Waals surface area contributed by atoms with Gasteiger partial charge in [0, 0.05) is 18.7 Å². The lowest BCUT2D eigenvalue weighted by atomic mass is 10.1. The van der Waals surface area contributed by atoms with Crippen molar-refractivity contribution < 1.29 is 9.53 Å². The van der Waals surface area contributed by atoms with E-state index >= 15 is 0 Å². The molecule has 20 heavy (non-hydrogen) atoms. The summed E-state index contributed by atoms with van der Waals surface area (Å²) in [6.07, 6.45) is -0.436. The molecule has 1 atom stereocenters. The lowest BCUT2D eigenvalue weighted by molar-refractivity contribution is -0.128. The zero-order chi connectivity index (χ0) is 13.8. The van der Waals surface area contributed by atoms with Crippen LogP contribution in [-0.2, 0) is 9.53 Å². The van der Waals surface area contributed by atoms with E-state index in [1.165, 1.54) is 11.3 Å². The molecule has 104 valence electrons. The minimum Gasteiger partial charge on any atom is -0.366 e. The van der Waals surface area contributed by atoms with Crippen LogP contribution >= 0.6 is 11.3 Å². The molecule has 3 rings (SSSR count). The van der Waals surface area contributed by atoms with E-state index in [4.69, 9.17) is 4.74 Å². The number of nitrogens with zero attached hydrogens (tertiary/aromatic N) is 1. The molecule has 2 heterocycles. The number of ether oxygens (including phenoxy) is 1. The van der Waals surface area contributed by atoms with Crippen molar-refractivity contribution in [2.24, 2.45) is 0 Å². The molecule has 0 aliphatic carbocycles. The second kappa shape index (κ2) is 6.13. The molecule has 2 N–H and O–H groups in total. The first-order valence-corrected chi connectivity index (χ1v) is 7.34. The molecule has 1 saturated heterocycles. The van der Waals surface area contributed by atoms with Gasteiger partial charge in [0.1, 0.15) is 16.8 Å². The third-order valence-electron chi connectivity index (χ3n) is 3.07. The molecule has 0 bridgehead atoms. The number of benzene rings is 1. The number of hydrogen-bond acceptors (Lipinski definition) is 5. The van der Waals surface area contributed by atoms with E-state index in [1.54, 1.807) is 5.51 Å². The lowest BCUT2D eigenvalue weighted by Crippen LogP contribution is -2.45. The number of thiazole rings is 1. The fourth-order valence-electron chi connectivity index (χ4n) is 2.06. The average molecular weight is 289 g/mol. The molecule has 1 amide bonds. The summed E-state index contributed by atoms with van der Waals surface area (Å²) in [5.74, 6) is -0.126. The van der Waals surface area contributed by atoms with Gasteiger partial charge in [0.25, 0.3) is 5.91 Å². The van der Waals surface area contributed by atoms with Gasteiger partial charge < -0.3 is 15.4 Å². The van der Waals surface area contributed by atoms with E-state index in [9.17, 15) is 4.79 Å². The largest absolute Gasteiger partial charge is 0.366 e. The molecule has 2 aromatic rings. The van der Waals surface area contributed by atoms with Gasteiger partial charge in [-0.05, 0) is 0 Å². The molecule has 0 spiro atoms. The van der Waals surface area contributed by atoms with E-state index in [2.05, 4.69) is 15.6 Å². The molecule has 0 saturated carbocycles. The molecule has 5 nitrogen and oxygen atoms in total. The van der Waals surface area contributed by atoms with Gasteiger partial charge in [-0.25, -0.2) is 4.98 Å². The zero-order valence-corrected chi connectivity index (χ0v) is 11.7. The monoisotopic (exact) mass is 289 g/mol. The van der Waals surface area contributed by atoms with Crippen LogP contribution in [0.25, 0.3) is 11.3 Å². The molecule has 6 heteroatoms. The highest BCUT2D eigenvalue weighted by atomic mass is 32.1. The smallest absolute Gasteiger partial charge is 0.255 e. The highest BCUT2D eigenvalue weighted by molar-refractivity contribution is 7.14. The minimum absolute atomic E-state index is 0.126.